The van der Waals surface area contributed by atoms with Crippen molar-refractivity contribution in [2.45, 2.75) is 12.7 Å². The van der Waals surface area contributed by atoms with Gasteiger partial charge in [-0.15, -0.1) is 0 Å². The van der Waals surface area contributed by atoms with E-state index in [2.05, 4.69) is 15.0 Å². The molecule has 2 aromatic heterocycles. The van der Waals surface area contributed by atoms with Crippen molar-refractivity contribution in [3.63, 3.8) is 0 Å². The van der Waals surface area contributed by atoms with Crippen LogP contribution in [0.3, 0.4) is 0 Å². The number of nitrogens with zero attached hydrogens (tertiary/aromatic N) is 3. The molecule has 0 amide bonds. The molecule has 2 aromatic carbocycles. The molecule has 4 aromatic rings. The first-order valence-corrected chi connectivity index (χ1v) is 11.0. The van der Waals surface area contributed by atoms with Crippen molar-refractivity contribution in [2.75, 3.05) is 14.2 Å². The van der Waals surface area contributed by atoms with Crippen LogP contribution in [0, 0.1) is 0 Å². The predicted molar refractivity (Wildman–Crippen MR) is 130 cm³/mol. The molecule has 174 valence electrons. The van der Waals surface area contributed by atoms with Crippen molar-refractivity contribution in [1.82, 2.24) is 15.0 Å². The third-order valence-electron chi connectivity index (χ3n) is 5.13. The summed E-state index contributed by atoms with van der Waals surface area (Å²) in [6.07, 6.45) is 2.57. The SMILES string of the molecule is COc1ccc(C(Oc2nc(-c3ccncc3)nc(Cl)c2Cl)c2cc(CO)ccc2OC)cc1. The molecule has 0 saturated carbocycles. The Morgan fingerprint density at radius 2 is 1.65 bits per heavy atom. The number of benzene rings is 2. The Morgan fingerprint density at radius 1 is 0.912 bits per heavy atom. The lowest BCUT2D eigenvalue weighted by Gasteiger charge is -2.23. The summed E-state index contributed by atoms with van der Waals surface area (Å²) in [7, 11) is 3.17. The van der Waals surface area contributed by atoms with Gasteiger partial charge in [0.2, 0.25) is 5.88 Å². The van der Waals surface area contributed by atoms with E-state index in [0.29, 0.717) is 34.0 Å². The number of hydrogen-bond acceptors (Lipinski definition) is 7. The molecule has 0 fully saturated rings. The third-order valence-corrected chi connectivity index (χ3v) is 5.84. The summed E-state index contributed by atoms with van der Waals surface area (Å²) in [5.74, 6) is 1.72. The first-order chi connectivity index (χ1) is 16.5. The maximum Gasteiger partial charge on any atom is 0.238 e. The van der Waals surface area contributed by atoms with Gasteiger partial charge in [-0.3, -0.25) is 4.98 Å². The lowest BCUT2D eigenvalue weighted by atomic mass is 9.98. The van der Waals surface area contributed by atoms with Gasteiger partial charge in [-0.25, -0.2) is 4.98 Å². The number of halogens is 2. The summed E-state index contributed by atoms with van der Waals surface area (Å²) in [5.41, 5.74) is 2.86. The van der Waals surface area contributed by atoms with Gasteiger partial charge >= 0.3 is 0 Å². The van der Waals surface area contributed by atoms with Crippen molar-refractivity contribution in [1.29, 1.82) is 0 Å². The summed E-state index contributed by atoms with van der Waals surface area (Å²) in [5, 5.41) is 9.85. The summed E-state index contributed by atoms with van der Waals surface area (Å²) in [6, 6.07) is 16.3. The quantitative estimate of drug-likeness (QED) is 0.320. The number of methoxy groups -OCH3 is 2. The molecular formula is C25H21Cl2N3O4. The Balaban J connectivity index is 1.85. The molecule has 0 aliphatic heterocycles. The van der Waals surface area contributed by atoms with Gasteiger partial charge in [-0.2, -0.15) is 4.98 Å². The minimum Gasteiger partial charge on any atom is -0.497 e. The van der Waals surface area contributed by atoms with Gasteiger partial charge in [0.1, 0.15) is 16.5 Å². The first-order valence-electron chi connectivity index (χ1n) is 10.3. The molecule has 0 saturated heterocycles. The van der Waals surface area contributed by atoms with Crippen LogP contribution in [0.4, 0.5) is 0 Å². The Kier molecular flexibility index (Phi) is 7.47. The minimum atomic E-state index is -0.693. The smallest absolute Gasteiger partial charge is 0.238 e. The van der Waals surface area contributed by atoms with E-state index in [1.165, 1.54) is 0 Å². The molecule has 2 heterocycles. The van der Waals surface area contributed by atoms with Crippen LogP contribution in [0.15, 0.2) is 67.0 Å². The van der Waals surface area contributed by atoms with Crippen LogP contribution in [-0.2, 0) is 6.61 Å². The predicted octanol–water partition coefficient (Wildman–Crippen LogP) is 5.52. The number of rotatable bonds is 8. The Bertz CT molecular complexity index is 1270. The number of aliphatic hydroxyl groups excluding tert-OH is 1. The number of aromatic nitrogens is 3. The summed E-state index contributed by atoms with van der Waals surface area (Å²) >= 11 is 12.8. The lowest BCUT2D eigenvalue weighted by molar-refractivity contribution is 0.230. The molecule has 34 heavy (non-hydrogen) atoms. The monoisotopic (exact) mass is 497 g/mol. The largest absolute Gasteiger partial charge is 0.497 e. The van der Waals surface area contributed by atoms with Crippen LogP contribution in [0.25, 0.3) is 11.4 Å². The van der Waals surface area contributed by atoms with Gasteiger partial charge in [0.05, 0.1) is 20.8 Å². The van der Waals surface area contributed by atoms with E-state index in [1.54, 1.807) is 50.9 Å². The molecule has 0 bridgehead atoms. The maximum atomic E-state index is 9.72. The molecule has 0 aliphatic rings. The van der Waals surface area contributed by atoms with Crippen LogP contribution >= 0.6 is 23.2 Å². The zero-order chi connectivity index (χ0) is 24.1. The van der Waals surface area contributed by atoms with Gasteiger partial charge in [0.15, 0.2) is 17.1 Å². The Hall–Kier alpha value is -3.39. The second-order valence-corrected chi connectivity index (χ2v) is 7.93. The van der Waals surface area contributed by atoms with Crippen LogP contribution < -0.4 is 14.2 Å². The van der Waals surface area contributed by atoms with Gasteiger partial charge in [0, 0.05) is 23.5 Å². The van der Waals surface area contributed by atoms with Crippen molar-refractivity contribution >= 4 is 23.2 Å². The topological polar surface area (TPSA) is 86.6 Å². The minimum absolute atomic E-state index is 0.0584. The summed E-state index contributed by atoms with van der Waals surface area (Å²) < 4.78 is 17.3. The highest BCUT2D eigenvalue weighted by atomic mass is 35.5. The molecule has 1 N–H and O–H groups in total. The molecule has 1 unspecified atom stereocenters. The second-order valence-electron chi connectivity index (χ2n) is 7.20. The highest BCUT2D eigenvalue weighted by Gasteiger charge is 2.25. The average molecular weight is 498 g/mol. The standard InChI is InChI=1S/C25H21Cl2N3O4/c1-32-18-6-4-16(5-7-18)22(19-13-15(14-31)3-8-20(19)33-2)34-25-21(26)23(27)29-24(30-25)17-9-11-28-12-10-17/h3-13,22,31H,14H2,1-2H3. The van der Waals surface area contributed by atoms with E-state index in [4.69, 9.17) is 37.4 Å². The fourth-order valence-electron chi connectivity index (χ4n) is 3.40. The van der Waals surface area contributed by atoms with E-state index in [0.717, 1.165) is 5.56 Å². The van der Waals surface area contributed by atoms with E-state index in [-0.39, 0.29) is 22.7 Å². The zero-order valence-corrected chi connectivity index (χ0v) is 19.9. The zero-order valence-electron chi connectivity index (χ0n) is 18.4. The second kappa shape index (κ2) is 10.7. The molecule has 0 radical (unpaired) electrons. The number of pyridine rings is 1. The first kappa shape index (κ1) is 23.8. The van der Waals surface area contributed by atoms with E-state index >= 15 is 0 Å². The molecule has 4 rings (SSSR count). The molecule has 1 atom stereocenters. The van der Waals surface area contributed by atoms with Crippen molar-refractivity contribution in [3.8, 4) is 28.8 Å². The van der Waals surface area contributed by atoms with Crippen molar-refractivity contribution in [2.24, 2.45) is 0 Å². The normalized spacial score (nSPS) is 11.7. The molecule has 0 spiro atoms. The maximum absolute atomic E-state index is 9.72. The molecular weight excluding hydrogens is 477 g/mol. The third kappa shape index (κ3) is 5.07. The van der Waals surface area contributed by atoms with E-state index < -0.39 is 6.10 Å². The fraction of sp³-hybridized carbons (Fsp3) is 0.160. The van der Waals surface area contributed by atoms with Crippen LogP contribution in [0.1, 0.15) is 22.8 Å². The van der Waals surface area contributed by atoms with Crippen LogP contribution in [0.2, 0.25) is 10.2 Å². The van der Waals surface area contributed by atoms with Crippen LogP contribution in [-0.4, -0.2) is 34.3 Å². The number of ether oxygens (including phenoxy) is 3. The van der Waals surface area contributed by atoms with Gasteiger partial charge in [0.25, 0.3) is 0 Å². The Morgan fingerprint density at radius 3 is 2.29 bits per heavy atom. The molecule has 7 nitrogen and oxygen atoms in total. The van der Waals surface area contributed by atoms with Crippen molar-refractivity contribution < 1.29 is 19.3 Å². The molecule has 0 aliphatic carbocycles. The van der Waals surface area contributed by atoms with E-state index in [9.17, 15) is 5.11 Å². The summed E-state index contributed by atoms with van der Waals surface area (Å²) in [4.78, 5) is 12.8. The summed E-state index contributed by atoms with van der Waals surface area (Å²) in [6.45, 7) is -0.140. The van der Waals surface area contributed by atoms with Gasteiger partial charge in [-0.1, -0.05) is 41.4 Å². The number of hydrogen-bond donors (Lipinski definition) is 1. The van der Waals surface area contributed by atoms with Crippen molar-refractivity contribution in [3.05, 3.63) is 93.9 Å². The fourth-order valence-corrected chi connectivity index (χ4v) is 3.69. The lowest BCUT2D eigenvalue weighted by Crippen LogP contribution is -2.13. The van der Waals surface area contributed by atoms with E-state index in [1.807, 2.05) is 30.3 Å². The van der Waals surface area contributed by atoms with Gasteiger partial charge < -0.3 is 19.3 Å². The highest BCUT2D eigenvalue weighted by Crippen LogP contribution is 2.39. The van der Waals surface area contributed by atoms with Crippen LogP contribution in [0.5, 0.6) is 17.4 Å². The van der Waals surface area contributed by atoms with Gasteiger partial charge in [-0.05, 0) is 47.5 Å². The molecule has 9 heteroatoms. The highest BCUT2D eigenvalue weighted by molar-refractivity contribution is 6.42. The number of aliphatic hydroxyl groups is 1. The average Bonchev–Trinajstić information content (AvgIpc) is 2.89. The Labute approximate surface area is 206 Å².